The first-order chi connectivity index (χ1) is 13.9. The average molecular weight is 390 g/mol. The van der Waals surface area contributed by atoms with E-state index in [9.17, 15) is 4.79 Å². The second kappa shape index (κ2) is 7.43. The van der Waals surface area contributed by atoms with Crippen LogP contribution in [0.25, 0.3) is 0 Å². The molecule has 148 valence electrons. The molecule has 0 radical (unpaired) electrons. The van der Waals surface area contributed by atoms with Crippen LogP contribution in [0.2, 0.25) is 0 Å². The van der Waals surface area contributed by atoms with Crippen LogP contribution in [0.1, 0.15) is 36.8 Å². The van der Waals surface area contributed by atoms with Crippen molar-refractivity contribution in [3.05, 3.63) is 66.0 Å². The van der Waals surface area contributed by atoms with Gasteiger partial charge in [-0.05, 0) is 41.3 Å². The van der Waals surface area contributed by atoms with Crippen LogP contribution in [0.3, 0.4) is 0 Å². The molecule has 1 aliphatic heterocycles. The van der Waals surface area contributed by atoms with Crippen LogP contribution < -0.4 is 20.1 Å². The first-order valence-corrected chi connectivity index (χ1v) is 9.30. The van der Waals surface area contributed by atoms with Gasteiger partial charge in [-0.25, -0.2) is 9.97 Å². The molecule has 1 aromatic heterocycles. The number of hydrogen-bond donors (Lipinski definition) is 2. The Balaban J connectivity index is 1.46. The lowest BCUT2D eigenvalue weighted by Crippen LogP contribution is -2.14. The Labute approximate surface area is 169 Å². The number of nitrogens with zero attached hydrogens (tertiary/aromatic N) is 2. The number of amides is 1. The third-order valence-corrected chi connectivity index (χ3v) is 4.53. The molecule has 3 aromatic rings. The zero-order valence-electron chi connectivity index (χ0n) is 16.5. The number of benzene rings is 2. The zero-order valence-corrected chi connectivity index (χ0v) is 16.5. The molecule has 0 unspecified atom stereocenters. The molecule has 0 aliphatic carbocycles. The summed E-state index contributed by atoms with van der Waals surface area (Å²) >= 11 is 0. The minimum absolute atomic E-state index is 0.0851. The van der Waals surface area contributed by atoms with Gasteiger partial charge in [0, 0.05) is 23.6 Å². The minimum Gasteiger partial charge on any atom is -0.454 e. The highest BCUT2D eigenvalue weighted by Crippen LogP contribution is 2.34. The van der Waals surface area contributed by atoms with E-state index in [2.05, 4.69) is 53.5 Å². The number of nitrogens with one attached hydrogen (secondary N) is 2. The van der Waals surface area contributed by atoms with E-state index >= 15 is 0 Å². The van der Waals surface area contributed by atoms with E-state index in [0.29, 0.717) is 23.1 Å². The number of aromatic nitrogens is 2. The molecule has 29 heavy (non-hydrogen) atoms. The highest BCUT2D eigenvalue weighted by Gasteiger charge is 2.16. The maximum absolute atomic E-state index is 12.6. The van der Waals surface area contributed by atoms with E-state index in [-0.39, 0.29) is 23.8 Å². The molecule has 1 amide bonds. The van der Waals surface area contributed by atoms with Crippen molar-refractivity contribution in [3.63, 3.8) is 0 Å². The molecule has 4 rings (SSSR count). The molecule has 0 spiro atoms. The van der Waals surface area contributed by atoms with Gasteiger partial charge in [0.05, 0.1) is 0 Å². The van der Waals surface area contributed by atoms with Gasteiger partial charge in [0.15, 0.2) is 11.5 Å². The van der Waals surface area contributed by atoms with Gasteiger partial charge in [0.25, 0.3) is 5.91 Å². The summed E-state index contributed by atoms with van der Waals surface area (Å²) < 4.78 is 10.6. The Morgan fingerprint density at radius 3 is 2.45 bits per heavy atom. The van der Waals surface area contributed by atoms with Crippen molar-refractivity contribution in [2.24, 2.45) is 0 Å². The molecular weight excluding hydrogens is 368 g/mol. The third-order valence-electron chi connectivity index (χ3n) is 4.53. The molecule has 2 aromatic carbocycles. The smallest absolute Gasteiger partial charge is 0.274 e. The number of hydrogen-bond acceptors (Lipinski definition) is 6. The first-order valence-electron chi connectivity index (χ1n) is 9.30. The molecule has 0 saturated carbocycles. The number of anilines is 3. The number of carbonyl (C=O) groups excluding carboxylic acids is 1. The molecule has 2 heterocycles. The fourth-order valence-corrected chi connectivity index (χ4v) is 2.90. The second-order valence-electron chi connectivity index (χ2n) is 7.74. The highest BCUT2D eigenvalue weighted by atomic mass is 16.7. The number of ether oxygens (including phenoxy) is 2. The van der Waals surface area contributed by atoms with Crippen LogP contribution in [0.4, 0.5) is 17.3 Å². The molecular formula is C22H22N4O3. The van der Waals surface area contributed by atoms with Crippen molar-refractivity contribution in [1.82, 2.24) is 9.97 Å². The first kappa shape index (κ1) is 18.7. The van der Waals surface area contributed by atoms with E-state index in [1.54, 1.807) is 30.5 Å². The SMILES string of the molecule is CC(C)(C)c1ccc(Nc2nccc(C(=O)Nc3ccc4c(c3)OCO4)n2)cc1. The Hall–Kier alpha value is -3.61. The average Bonchev–Trinajstić information content (AvgIpc) is 3.16. The summed E-state index contributed by atoms with van der Waals surface area (Å²) in [6.07, 6.45) is 1.55. The lowest BCUT2D eigenvalue weighted by atomic mass is 9.87. The Morgan fingerprint density at radius 2 is 1.69 bits per heavy atom. The van der Waals surface area contributed by atoms with Crippen molar-refractivity contribution >= 4 is 23.2 Å². The number of carbonyl (C=O) groups is 1. The van der Waals surface area contributed by atoms with Gasteiger partial charge in [-0.3, -0.25) is 4.79 Å². The van der Waals surface area contributed by atoms with Gasteiger partial charge in [0.2, 0.25) is 12.7 Å². The summed E-state index contributed by atoms with van der Waals surface area (Å²) in [5.41, 5.74) is 3.03. The maximum Gasteiger partial charge on any atom is 0.274 e. The van der Waals surface area contributed by atoms with E-state index in [4.69, 9.17) is 9.47 Å². The van der Waals surface area contributed by atoms with Gasteiger partial charge in [-0.2, -0.15) is 0 Å². The highest BCUT2D eigenvalue weighted by molar-refractivity contribution is 6.03. The fourth-order valence-electron chi connectivity index (χ4n) is 2.90. The van der Waals surface area contributed by atoms with Gasteiger partial charge in [-0.15, -0.1) is 0 Å². The van der Waals surface area contributed by atoms with Crippen molar-refractivity contribution in [1.29, 1.82) is 0 Å². The lowest BCUT2D eigenvalue weighted by molar-refractivity contribution is 0.102. The number of fused-ring (bicyclic) bond motifs is 1. The van der Waals surface area contributed by atoms with Crippen LogP contribution >= 0.6 is 0 Å². The van der Waals surface area contributed by atoms with E-state index in [1.807, 2.05) is 12.1 Å². The van der Waals surface area contributed by atoms with Crippen LogP contribution in [-0.4, -0.2) is 22.7 Å². The Bertz CT molecular complexity index is 1040. The Kier molecular flexibility index (Phi) is 4.80. The fraction of sp³-hybridized carbons (Fsp3) is 0.227. The van der Waals surface area contributed by atoms with Crippen LogP contribution in [0.15, 0.2) is 54.7 Å². The molecule has 7 nitrogen and oxygen atoms in total. The lowest BCUT2D eigenvalue weighted by Gasteiger charge is -2.19. The summed E-state index contributed by atoms with van der Waals surface area (Å²) in [4.78, 5) is 21.1. The summed E-state index contributed by atoms with van der Waals surface area (Å²) in [6, 6.07) is 14.9. The topological polar surface area (TPSA) is 85.4 Å². The van der Waals surface area contributed by atoms with E-state index < -0.39 is 0 Å². The maximum atomic E-state index is 12.6. The quantitative estimate of drug-likeness (QED) is 0.682. The van der Waals surface area contributed by atoms with Crippen LogP contribution in [0.5, 0.6) is 11.5 Å². The van der Waals surface area contributed by atoms with Crippen molar-refractivity contribution in [2.75, 3.05) is 17.4 Å². The molecule has 0 atom stereocenters. The molecule has 0 saturated heterocycles. The van der Waals surface area contributed by atoms with E-state index in [1.165, 1.54) is 5.56 Å². The molecule has 1 aliphatic rings. The molecule has 2 N–H and O–H groups in total. The van der Waals surface area contributed by atoms with Gasteiger partial charge >= 0.3 is 0 Å². The monoisotopic (exact) mass is 390 g/mol. The normalized spacial score (nSPS) is 12.5. The van der Waals surface area contributed by atoms with Gasteiger partial charge < -0.3 is 20.1 Å². The van der Waals surface area contributed by atoms with Gasteiger partial charge in [-0.1, -0.05) is 32.9 Å². The van der Waals surface area contributed by atoms with Gasteiger partial charge in [0.1, 0.15) is 5.69 Å². The predicted molar refractivity (Wildman–Crippen MR) is 111 cm³/mol. The largest absolute Gasteiger partial charge is 0.454 e. The summed E-state index contributed by atoms with van der Waals surface area (Å²) in [5.74, 6) is 1.28. The second-order valence-corrected chi connectivity index (χ2v) is 7.74. The molecule has 0 bridgehead atoms. The van der Waals surface area contributed by atoms with Crippen LogP contribution in [0, 0.1) is 0 Å². The van der Waals surface area contributed by atoms with Crippen molar-refractivity contribution in [2.45, 2.75) is 26.2 Å². The zero-order chi connectivity index (χ0) is 20.4. The minimum atomic E-state index is -0.336. The van der Waals surface area contributed by atoms with E-state index in [0.717, 1.165) is 5.69 Å². The standard InChI is InChI=1S/C22H22N4O3/c1-22(2,3)14-4-6-15(7-5-14)25-21-23-11-10-17(26-21)20(27)24-16-8-9-18-19(12-16)29-13-28-18/h4-12H,13H2,1-3H3,(H,24,27)(H,23,25,26). The summed E-state index contributed by atoms with van der Waals surface area (Å²) in [7, 11) is 0. The predicted octanol–water partition coefficient (Wildman–Crippen LogP) is 4.50. The molecule has 7 heteroatoms. The number of rotatable bonds is 4. The summed E-state index contributed by atoms with van der Waals surface area (Å²) in [5, 5.41) is 5.95. The summed E-state index contributed by atoms with van der Waals surface area (Å²) in [6.45, 7) is 6.69. The molecule has 0 fully saturated rings. The third kappa shape index (κ3) is 4.29. The van der Waals surface area contributed by atoms with Crippen LogP contribution in [-0.2, 0) is 5.41 Å². The van der Waals surface area contributed by atoms with Crippen molar-refractivity contribution < 1.29 is 14.3 Å². The van der Waals surface area contributed by atoms with Crippen molar-refractivity contribution in [3.8, 4) is 11.5 Å². The Morgan fingerprint density at radius 1 is 0.966 bits per heavy atom.